The summed E-state index contributed by atoms with van der Waals surface area (Å²) in [6.45, 7) is 2.65. The topological polar surface area (TPSA) is 53.1 Å². The van der Waals surface area contributed by atoms with Gasteiger partial charge in [0.05, 0.1) is 0 Å². The van der Waals surface area contributed by atoms with Crippen molar-refractivity contribution in [3.05, 3.63) is 71.7 Å². The molecule has 0 amide bonds. The first-order valence-corrected chi connectivity index (χ1v) is 8.88. The van der Waals surface area contributed by atoms with Crippen molar-refractivity contribution in [2.24, 2.45) is 0 Å². The van der Waals surface area contributed by atoms with Crippen LogP contribution in [0.4, 0.5) is 27.5 Å². The summed E-state index contributed by atoms with van der Waals surface area (Å²) < 4.78 is 13.0. The van der Waals surface area contributed by atoms with E-state index in [1.165, 1.54) is 12.1 Å². The van der Waals surface area contributed by atoms with Gasteiger partial charge in [0.15, 0.2) is 0 Å². The highest BCUT2D eigenvalue weighted by Gasteiger charge is 2.04. The van der Waals surface area contributed by atoms with Crippen LogP contribution in [0, 0.1) is 12.7 Å². The maximum Gasteiger partial charge on any atom is 0.229 e. The Morgan fingerprint density at radius 2 is 1.67 bits per heavy atom. The molecule has 0 aliphatic rings. The summed E-state index contributed by atoms with van der Waals surface area (Å²) in [5.41, 5.74) is 4.02. The Balaban J connectivity index is 1.62. The first kappa shape index (κ1) is 18.6. The number of hydrogen-bond donors (Lipinski definition) is 2. The van der Waals surface area contributed by atoms with Gasteiger partial charge in [-0.3, -0.25) is 0 Å². The van der Waals surface area contributed by atoms with Crippen LogP contribution in [0.3, 0.4) is 0 Å². The third kappa shape index (κ3) is 5.41. The van der Waals surface area contributed by atoms with Gasteiger partial charge in [-0.25, -0.2) is 9.37 Å². The fourth-order valence-corrected chi connectivity index (χ4v) is 2.67. The zero-order chi connectivity index (χ0) is 19.2. The minimum Gasteiger partial charge on any atom is -0.378 e. The van der Waals surface area contributed by atoms with Crippen molar-refractivity contribution in [2.45, 2.75) is 13.3 Å². The van der Waals surface area contributed by atoms with E-state index in [-0.39, 0.29) is 5.82 Å². The molecule has 3 aromatic rings. The molecule has 2 aromatic carbocycles. The Morgan fingerprint density at radius 1 is 0.963 bits per heavy atom. The van der Waals surface area contributed by atoms with E-state index < -0.39 is 0 Å². The van der Waals surface area contributed by atoms with Gasteiger partial charge in [-0.15, -0.1) is 0 Å². The van der Waals surface area contributed by atoms with Crippen molar-refractivity contribution in [1.29, 1.82) is 0 Å². The van der Waals surface area contributed by atoms with E-state index in [1.54, 1.807) is 12.1 Å². The number of nitrogens with one attached hydrogen (secondary N) is 2. The van der Waals surface area contributed by atoms with Crippen LogP contribution in [0.25, 0.3) is 0 Å². The number of aryl methyl sites for hydroxylation is 1. The SMILES string of the molecule is Cc1cc(NCCc2ccc(F)cc2)nc(Nc2ccc(N(C)C)cc2)n1. The van der Waals surface area contributed by atoms with Gasteiger partial charge in [0.2, 0.25) is 5.95 Å². The van der Waals surface area contributed by atoms with E-state index in [1.807, 2.05) is 51.4 Å². The van der Waals surface area contributed by atoms with Gasteiger partial charge in [-0.05, 0) is 55.3 Å². The summed E-state index contributed by atoms with van der Waals surface area (Å²) in [5, 5.41) is 6.55. The van der Waals surface area contributed by atoms with Crippen molar-refractivity contribution in [3.8, 4) is 0 Å². The summed E-state index contributed by atoms with van der Waals surface area (Å²) >= 11 is 0. The maximum absolute atomic E-state index is 13.0. The van der Waals surface area contributed by atoms with Gasteiger partial charge < -0.3 is 15.5 Å². The molecule has 6 heteroatoms. The molecular weight excluding hydrogens is 341 g/mol. The van der Waals surface area contributed by atoms with E-state index in [0.29, 0.717) is 12.5 Å². The third-order valence-corrected chi connectivity index (χ3v) is 4.13. The number of nitrogens with zero attached hydrogens (tertiary/aromatic N) is 3. The molecule has 5 nitrogen and oxygen atoms in total. The van der Waals surface area contributed by atoms with Crippen LogP contribution in [-0.4, -0.2) is 30.6 Å². The Hall–Kier alpha value is -3.15. The molecule has 3 rings (SSSR count). The minimum absolute atomic E-state index is 0.215. The Labute approximate surface area is 159 Å². The Kier molecular flexibility index (Phi) is 5.86. The summed E-state index contributed by atoms with van der Waals surface area (Å²) in [5.74, 6) is 1.10. The molecule has 1 heterocycles. The fraction of sp³-hybridized carbons (Fsp3) is 0.238. The summed E-state index contributed by atoms with van der Waals surface area (Å²) in [4.78, 5) is 11.0. The number of benzene rings is 2. The fourth-order valence-electron chi connectivity index (χ4n) is 2.67. The molecule has 1 aromatic heterocycles. The van der Waals surface area contributed by atoms with E-state index in [2.05, 4.69) is 25.5 Å². The molecule has 0 fully saturated rings. The van der Waals surface area contributed by atoms with Gasteiger partial charge >= 0.3 is 0 Å². The largest absolute Gasteiger partial charge is 0.378 e. The monoisotopic (exact) mass is 365 g/mol. The van der Waals surface area contributed by atoms with Crippen molar-refractivity contribution in [1.82, 2.24) is 9.97 Å². The first-order chi connectivity index (χ1) is 13.0. The zero-order valence-electron chi connectivity index (χ0n) is 15.8. The molecule has 0 saturated heterocycles. The third-order valence-electron chi connectivity index (χ3n) is 4.13. The van der Waals surface area contributed by atoms with Crippen LogP contribution >= 0.6 is 0 Å². The molecule has 0 aliphatic heterocycles. The summed E-state index contributed by atoms with van der Waals surface area (Å²) in [6.07, 6.45) is 0.790. The standard InChI is InChI=1S/C21H24FN5/c1-15-14-20(23-13-12-16-4-6-17(22)7-5-16)26-21(24-15)25-18-8-10-19(11-9-18)27(2)3/h4-11,14H,12-13H2,1-3H3,(H2,23,24,25,26). The van der Waals surface area contributed by atoms with Gasteiger partial charge in [0.1, 0.15) is 11.6 Å². The molecule has 2 N–H and O–H groups in total. The number of halogens is 1. The first-order valence-electron chi connectivity index (χ1n) is 8.88. The van der Waals surface area contributed by atoms with Crippen LogP contribution in [0.2, 0.25) is 0 Å². The molecule has 0 atom stereocenters. The Bertz CT molecular complexity index is 876. The van der Waals surface area contributed by atoms with Crippen LogP contribution in [0.1, 0.15) is 11.3 Å². The van der Waals surface area contributed by atoms with Crippen molar-refractivity contribution < 1.29 is 4.39 Å². The lowest BCUT2D eigenvalue weighted by Gasteiger charge is -2.13. The second-order valence-electron chi connectivity index (χ2n) is 6.59. The van der Waals surface area contributed by atoms with Crippen molar-refractivity contribution in [3.63, 3.8) is 0 Å². The predicted octanol–water partition coefficient (Wildman–Crippen LogP) is 4.39. The van der Waals surface area contributed by atoms with Gasteiger partial charge in [-0.2, -0.15) is 4.98 Å². The zero-order valence-corrected chi connectivity index (χ0v) is 15.8. The second-order valence-corrected chi connectivity index (χ2v) is 6.59. The highest BCUT2D eigenvalue weighted by Crippen LogP contribution is 2.19. The Morgan fingerprint density at radius 3 is 2.33 bits per heavy atom. The molecule has 0 aliphatic carbocycles. The number of hydrogen-bond acceptors (Lipinski definition) is 5. The van der Waals surface area contributed by atoms with E-state index >= 15 is 0 Å². The number of rotatable bonds is 7. The van der Waals surface area contributed by atoms with Gasteiger partial charge in [-0.1, -0.05) is 12.1 Å². The average Bonchev–Trinajstić information content (AvgIpc) is 2.63. The lowest BCUT2D eigenvalue weighted by atomic mass is 10.1. The van der Waals surface area contributed by atoms with E-state index in [9.17, 15) is 4.39 Å². The van der Waals surface area contributed by atoms with Crippen LogP contribution in [0.15, 0.2) is 54.6 Å². The van der Waals surface area contributed by atoms with Crippen molar-refractivity contribution >= 4 is 23.1 Å². The van der Waals surface area contributed by atoms with Crippen molar-refractivity contribution in [2.75, 3.05) is 36.2 Å². The normalized spacial score (nSPS) is 10.5. The van der Waals surface area contributed by atoms with Gasteiger partial charge in [0.25, 0.3) is 0 Å². The molecule has 0 saturated carbocycles. The molecule has 27 heavy (non-hydrogen) atoms. The average molecular weight is 365 g/mol. The lowest BCUT2D eigenvalue weighted by molar-refractivity contribution is 0.627. The highest BCUT2D eigenvalue weighted by molar-refractivity contribution is 5.59. The van der Waals surface area contributed by atoms with Gasteiger partial charge in [0, 0.05) is 43.8 Å². The number of anilines is 4. The maximum atomic E-state index is 13.0. The molecule has 140 valence electrons. The van der Waals surface area contributed by atoms with E-state index in [0.717, 1.165) is 34.9 Å². The minimum atomic E-state index is -0.215. The highest BCUT2D eigenvalue weighted by atomic mass is 19.1. The summed E-state index contributed by atoms with van der Waals surface area (Å²) in [6, 6.07) is 16.6. The van der Waals surface area contributed by atoms with E-state index in [4.69, 9.17) is 0 Å². The molecule has 0 bridgehead atoms. The second kappa shape index (κ2) is 8.49. The van der Waals surface area contributed by atoms with Crippen LogP contribution < -0.4 is 15.5 Å². The predicted molar refractivity (Wildman–Crippen MR) is 109 cm³/mol. The lowest BCUT2D eigenvalue weighted by Crippen LogP contribution is -2.09. The number of aromatic nitrogens is 2. The summed E-state index contributed by atoms with van der Waals surface area (Å²) in [7, 11) is 4.02. The quantitative estimate of drug-likeness (QED) is 0.650. The molecule has 0 spiro atoms. The molecular formula is C21H24FN5. The molecule has 0 unspecified atom stereocenters. The molecule has 0 radical (unpaired) electrons. The van der Waals surface area contributed by atoms with Crippen LogP contribution in [0.5, 0.6) is 0 Å². The van der Waals surface area contributed by atoms with Crippen LogP contribution in [-0.2, 0) is 6.42 Å². The smallest absolute Gasteiger partial charge is 0.229 e.